The first kappa shape index (κ1) is 17.1. The Bertz CT molecular complexity index is 1090. The molecule has 4 heterocycles. The fourth-order valence-corrected chi connectivity index (χ4v) is 3.84. The van der Waals surface area contributed by atoms with Crippen LogP contribution in [0, 0.1) is 0 Å². The molecular formula is C18H16F2N4O4. The van der Waals surface area contributed by atoms with Crippen molar-refractivity contribution in [2.24, 2.45) is 0 Å². The molecule has 0 saturated carbocycles. The van der Waals surface area contributed by atoms with Gasteiger partial charge in [0.25, 0.3) is 5.92 Å². The molecule has 0 bridgehead atoms. The van der Waals surface area contributed by atoms with E-state index in [0.717, 1.165) is 0 Å². The Labute approximate surface area is 157 Å². The van der Waals surface area contributed by atoms with Crippen LogP contribution in [-0.4, -0.2) is 63.9 Å². The standard InChI is InChI=1S/C18H16F2N4O4/c19-18(20)7-23(8-18)17-21-13-10-3-1-2-4-12(10)28-14(13)15(22-17)24-6-9(25)5-11(24)16(26)27/h1-4,9,11,25H,5-8H2,(H,26,27)/t9-,11-/m0/s1. The van der Waals surface area contributed by atoms with E-state index in [-0.39, 0.29) is 30.3 Å². The lowest BCUT2D eigenvalue weighted by molar-refractivity contribution is -0.138. The highest BCUT2D eigenvalue weighted by Crippen LogP contribution is 2.39. The number of furan rings is 1. The number of fused-ring (bicyclic) bond motifs is 3. The molecule has 0 spiro atoms. The van der Waals surface area contributed by atoms with Gasteiger partial charge in [-0.25, -0.2) is 18.6 Å². The number of carboxylic acid groups (broad SMARTS) is 1. The van der Waals surface area contributed by atoms with Crippen LogP contribution >= 0.6 is 0 Å². The van der Waals surface area contributed by atoms with Crippen LogP contribution in [0.15, 0.2) is 28.7 Å². The highest BCUT2D eigenvalue weighted by molar-refractivity contribution is 6.06. The molecule has 0 unspecified atom stereocenters. The second kappa shape index (κ2) is 5.74. The molecule has 3 aromatic rings. The largest absolute Gasteiger partial charge is 0.480 e. The Hall–Kier alpha value is -3.01. The van der Waals surface area contributed by atoms with Crippen LogP contribution in [0.25, 0.3) is 22.1 Å². The van der Waals surface area contributed by atoms with Crippen LogP contribution in [-0.2, 0) is 4.79 Å². The molecular weight excluding hydrogens is 374 g/mol. The van der Waals surface area contributed by atoms with Gasteiger partial charge in [-0.1, -0.05) is 12.1 Å². The van der Waals surface area contributed by atoms with Crippen LogP contribution in [0.4, 0.5) is 20.5 Å². The molecule has 0 radical (unpaired) electrons. The number of para-hydroxylation sites is 1. The van der Waals surface area contributed by atoms with E-state index < -0.39 is 37.1 Å². The number of hydrogen-bond acceptors (Lipinski definition) is 7. The van der Waals surface area contributed by atoms with Crippen molar-refractivity contribution in [3.63, 3.8) is 0 Å². The number of carboxylic acids is 1. The van der Waals surface area contributed by atoms with E-state index >= 15 is 0 Å². The molecule has 28 heavy (non-hydrogen) atoms. The van der Waals surface area contributed by atoms with Crippen LogP contribution < -0.4 is 9.80 Å². The van der Waals surface area contributed by atoms with Gasteiger partial charge in [0.2, 0.25) is 5.95 Å². The molecule has 0 amide bonds. The molecule has 0 aliphatic carbocycles. The summed E-state index contributed by atoms with van der Waals surface area (Å²) >= 11 is 0. The molecule has 146 valence electrons. The van der Waals surface area contributed by atoms with Gasteiger partial charge in [0.15, 0.2) is 11.4 Å². The SMILES string of the molecule is O=C(O)[C@@H]1C[C@H](O)CN1c1nc(N2CC(F)(F)C2)nc2c1oc1ccccc12. The molecule has 2 aromatic heterocycles. The normalized spacial score (nSPS) is 24.1. The minimum atomic E-state index is -2.80. The third-order valence-electron chi connectivity index (χ3n) is 5.15. The van der Waals surface area contributed by atoms with E-state index in [9.17, 15) is 23.8 Å². The van der Waals surface area contributed by atoms with Gasteiger partial charge in [-0.2, -0.15) is 4.98 Å². The molecule has 5 rings (SSSR count). The van der Waals surface area contributed by atoms with Crippen molar-refractivity contribution in [2.45, 2.75) is 24.5 Å². The number of halogens is 2. The van der Waals surface area contributed by atoms with Crippen molar-refractivity contribution in [2.75, 3.05) is 29.4 Å². The maximum Gasteiger partial charge on any atom is 0.326 e. The highest BCUT2D eigenvalue weighted by Gasteiger charge is 2.46. The molecule has 8 nitrogen and oxygen atoms in total. The van der Waals surface area contributed by atoms with E-state index in [1.165, 1.54) is 9.80 Å². The van der Waals surface area contributed by atoms with Crippen molar-refractivity contribution in [3.8, 4) is 0 Å². The number of aliphatic carboxylic acids is 1. The van der Waals surface area contributed by atoms with E-state index in [2.05, 4.69) is 9.97 Å². The fourth-order valence-electron chi connectivity index (χ4n) is 3.84. The number of β-amino-alcohol motifs (C(OH)–C–C–N with tert-alkyl or cyclic N) is 1. The Kier molecular flexibility index (Phi) is 3.51. The summed E-state index contributed by atoms with van der Waals surface area (Å²) < 4.78 is 32.6. The lowest BCUT2D eigenvalue weighted by atomic mass is 10.1. The van der Waals surface area contributed by atoms with Crippen molar-refractivity contribution in [1.29, 1.82) is 0 Å². The van der Waals surface area contributed by atoms with Crippen molar-refractivity contribution < 1.29 is 28.2 Å². The second-order valence-corrected chi connectivity index (χ2v) is 7.23. The van der Waals surface area contributed by atoms with Gasteiger partial charge in [-0.3, -0.25) is 0 Å². The van der Waals surface area contributed by atoms with Crippen LogP contribution in [0.5, 0.6) is 0 Å². The number of rotatable bonds is 3. The van der Waals surface area contributed by atoms with Crippen LogP contribution in [0.2, 0.25) is 0 Å². The average Bonchev–Trinajstić information content (AvgIpc) is 3.19. The Balaban J connectivity index is 1.71. The van der Waals surface area contributed by atoms with Gasteiger partial charge in [0.1, 0.15) is 17.1 Å². The molecule has 2 atom stereocenters. The summed E-state index contributed by atoms with van der Waals surface area (Å²) in [6.45, 7) is -0.951. The van der Waals surface area contributed by atoms with Crippen molar-refractivity contribution in [3.05, 3.63) is 24.3 Å². The predicted octanol–water partition coefficient (Wildman–Crippen LogP) is 1.86. The molecule has 10 heteroatoms. The summed E-state index contributed by atoms with van der Waals surface area (Å²) in [4.78, 5) is 23.3. The molecule has 2 N–H and O–H groups in total. The highest BCUT2D eigenvalue weighted by atomic mass is 19.3. The number of alkyl halides is 2. The second-order valence-electron chi connectivity index (χ2n) is 7.23. The minimum absolute atomic E-state index is 0.0399. The van der Waals surface area contributed by atoms with Gasteiger partial charge >= 0.3 is 5.97 Å². The Morgan fingerprint density at radius 3 is 2.71 bits per heavy atom. The van der Waals surface area contributed by atoms with Crippen molar-refractivity contribution >= 4 is 39.8 Å². The summed E-state index contributed by atoms with van der Waals surface area (Å²) in [7, 11) is 0. The molecule has 2 aliphatic rings. The van der Waals surface area contributed by atoms with E-state index in [1.807, 2.05) is 0 Å². The number of hydrogen-bond donors (Lipinski definition) is 2. The Morgan fingerprint density at radius 2 is 2.00 bits per heavy atom. The Morgan fingerprint density at radius 1 is 1.25 bits per heavy atom. The number of anilines is 2. The molecule has 2 aliphatic heterocycles. The summed E-state index contributed by atoms with van der Waals surface area (Å²) in [6.07, 6.45) is -0.801. The third kappa shape index (κ3) is 2.55. The van der Waals surface area contributed by atoms with E-state index in [0.29, 0.717) is 16.5 Å². The number of aliphatic hydroxyl groups is 1. The van der Waals surface area contributed by atoms with Gasteiger partial charge < -0.3 is 24.4 Å². The zero-order valence-electron chi connectivity index (χ0n) is 14.5. The van der Waals surface area contributed by atoms with Crippen LogP contribution in [0.3, 0.4) is 0 Å². The van der Waals surface area contributed by atoms with Gasteiger partial charge in [0, 0.05) is 18.4 Å². The number of benzene rings is 1. The number of aliphatic hydroxyl groups excluding tert-OH is 1. The summed E-state index contributed by atoms with van der Waals surface area (Å²) in [6, 6.07) is 6.13. The number of aromatic nitrogens is 2. The smallest absolute Gasteiger partial charge is 0.326 e. The lowest BCUT2D eigenvalue weighted by Gasteiger charge is -2.38. The molecule has 2 saturated heterocycles. The number of nitrogens with zero attached hydrogens (tertiary/aromatic N) is 4. The monoisotopic (exact) mass is 390 g/mol. The maximum atomic E-state index is 13.4. The molecule has 1 aromatic carbocycles. The van der Waals surface area contributed by atoms with Gasteiger partial charge in [-0.05, 0) is 12.1 Å². The first-order chi connectivity index (χ1) is 13.3. The van der Waals surface area contributed by atoms with Gasteiger partial charge in [0.05, 0.1) is 19.2 Å². The first-order valence-corrected chi connectivity index (χ1v) is 8.82. The summed E-state index contributed by atoms with van der Waals surface area (Å²) in [5.41, 5.74) is 1.24. The third-order valence-corrected chi connectivity index (χ3v) is 5.15. The zero-order valence-corrected chi connectivity index (χ0v) is 14.5. The number of carbonyl (C=O) groups is 1. The summed E-state index contributed by atoms with van der Waals surface area (Å²) in [5, 5.41) is 20.2. The van der Waals surface area contributed by atoms with E-state index in [4.69, 9.17) is 4.42 Å². The van der Waals surface area contributed by atoms with Gasteiger partial charge in [-0.15, -0.1) is 0 Å². The first-order valence-electron chi connectivity index (χ1n) is 8.82. The fraction of sp³-hybridized carbons (Fsp3) is 0.389. The topological polar surface area (TPSA) is 103 Å². The van der Waals surface area contributed by atoms with Crippen LogP contribution in [0.1, 0.15) is 6.42 Å². The zero-order chi connectivity index (χ0) is 19.6. The maximum absolute atomic E-state index is 13.4. The minimum Gasteiger partial charge on any atom is -0.480 e. The predicted molar refractivity (Wildman–Crippen MR) is 95.9 cm³/mol. The quantitative estimate of drug-likeness (QED) is 0.699. The van der Waals surface area contributed by atoms with E-state index in [1.54, 1.807) is 24.3 Å². The average molecular weight is 390 g/mol. The summed E-state index contributed by atoms with van der Waals surface area (Å²) in [5.74, 6) is -3.62. The lowest BCUT2D eigenvalue weighted by Crippen LogP contribution is -2.57. The molecule has 2 fully saturated rings. The van der Waals surface area contributed by atoms with Crippen molar-refractivity contribution in [1.82, 2.24) is 9.97 Å².